The Morgan fingerprint density at radius 3 is 3.09 bits per heavy atom. The second kappa shape index (κ2) is 6.57. The van der Waals surface area contributed by atoms with Crippen LogP contribution in [0.1, 0.15) is 11.4 Å². The molecular formula is C15H19N5O2. The Morgan fingerprint density at radius 1 is 1.41 bits per heavy atom. The number of rotatable bonds is 4. The standard InChI is InChI=1S/C15H19N5O2/c16-15(21)20-8-13(7-19-5-4-18-14(19)9-20)11-22-10-12-2-1-3-17-6-12/h1-6,13H,7-11H2,(H2,16,21). The Kier molecular flexibility index (Phi) is 4.34. The molecule has 1 unspecified atom stereocenters. The second-order valence-corrected chi connectivity index (χ2v) is 5.46. The zero-order valence-corrected chi connectivity index (χ0v) is 12.3. The van der Waals surface area contributed by atoms with Gasteiger partial charge in [-0.2, -0.15) is 0 Å². The third kappa shape index (κ3) is 3.43. The van der Waals surface area contributed by atoms with Crippen LogP contribution in [0.4, 0.5) is 4.79 Å². The summed E-state index contributed by atoms with van der Waals surface area (Å²) < 4.78 is 7.84. The summed E-state index contributed by atoms with van der Waals surface area (Å²) in [5.74, 6) is 1.04. The number of ether oxygens (including phenoxy) is 1. The molecule has 1 aliphatic rings. The third-order valence-corrected chi connectivity index (χ3v) is 3.72. The van der Waals surface area contributed by atoms with E-state index in [1.165, 1.54) is 0 Å². The van der Waals surface area contributed by atoms with Crippen molar-refractivity contribution in [2.24, 2.45) is 11.7 Å². The molecule has 0 fully saturated rings. The fourth-order valence-corrected chi connectivity index (χ4v) is 2.64. The number of nitrogens with zero attached hydrogens (tertiary/aromatic N) is 4. The molecule has 0 saturated heterocycles. The van der Waals surface area contributed by atoms with Gasteiger partial charge in [0.2, 0.25) is 0 Å². The van der Waals surface area contributed by atoms with Crippen molar-refractivity contribution in [3.63, 3.8) is 0 Å². The van der Waals surface area contributed by atoms with Gasteiger partial charge in [0.05, 0.1) is 19.8 Å². The number of fused-ring (bicyclic) bond motifs is 1. The molecule has 1 atom stereocenters. The number of nitrogens with two attached hydrogens (primary N) is 1. The molecule has 2 aromatic heterocycles. The summed E-state index contributed by atoms with van der Waals surface area (Å²) in [4.78, 5) is 21.5. The van der Waals surface area contributed by atoms with Crippen molar-refractivity contribution in [2.75, 3.05) is 13.2 Å². The lowest BCUT2D eigenvalue weighted by Gasteiger charge is -2.22. The summed E-state index contributed by atoms with van der Waals surface area (Å²) >= 11 is 0. The van der Waals surface area contributed by atoms with Gasteiger partial charge in [0, 0.05) is 43.8 Å². The van der Waals surface area contributed by atoms with E-state index in [0.29, 0.717) is 26.3 Å². The van der Waals surface area contributed by atoms with Crippen LogP contribution in [-0.2, 0) is 24.4 Å². The number of amides is 2. The molecule has 2 N–H and O–H groups in total. The van der Waals surface area contributed by atoms with Crippen LogP contribution in [-0.4, -0.2) is 38.6 Å². The number of aromatic nitrogens is 3. The highest BCUT2D eigenvalue weighted by Crippen LogP contribution is 2.16. The second-order valence-electron chi connectivity index (χ2n) is 5.46. The molecular weight excluding hydrogens is 282 g/mol. The zero-order chi connectivity index (χ0) is 15.4. The maximum atomic E-state index is 11.5. The van der Waals surface area contributed by atoms with E-state index < -0.39 is 6.03 Å². The summed E-state index contributed by atoms with van der Waals surface area (Å²) in [6.45, 7) is 2.85. The van der Waals surface area contributed by atoms with Crippen LogP contribution in [0.3, 0.4) is 0 Å². The van der Waals surface area contributed by atoms with Gasteiger partial charge in [-0.05, 0) is 11.6 Å². The van der Waals surface area contributed by atoms with E-state index in [4.69, 9.17) is 10.5 Å². The predicted octanol–water partition coefficient (Wildman–Crippen LogP) is 1.01. The molecule has 0 bridgehead atoms. The molecule has 2 amide bonds. The van der Waals surface area contributed by atoms with Crippen LogP contribution < -0.4 is 5.73 Å². The number of imidazole rings is 1. The Hall–Kier alpha value is -2.41. The van der Waals surface area contributed by atoms with Gasteiger partial charge in [0.25, 0.3) is 0 Å². The quantitative estimate of drug-likeness (QED) is 0.913. The Bertz CT molecular complexity index is 628. The van der Waals surface area contributed by atoms with Crippen molar-refractivity contribution in [2.45, 2.75) is 19.7 Å². The van der Waals surface area contributed by atoms with E-state index in [1.54, 1.807) is 23.5 Å². The van der Waals surface area contributed by atoms with Crippen molar-refractivity contribution < 1.29 is 9.53 Å². The molecule has 116 valence electrons. The molecule has 0 aromatic carbocycles. The fraction of sp³-hybridized carbons (Fsp3) is 0.400. The highest BCUT2D eigenvalue weighted by Gasteiger charge is 2.24. The van der Waals surface area contributed by atoms with E-state index in [2.05, 4.69) is 14.5 Å². The highest BCUT2D eigenvalue weighted by molar-refractivity contribution is 5.71. The molecule has 1 aliphatic heterocycles. The summed E-state index contributed by atoms with van der Waals surface area (Å²) in [6.07, 6.45) is 7.19. The molecule has 3 heterocycles. The zero-order valence-electron chi connectivity index (χ0n) is 12.3. The molecule has 3 rings (SSSR count). The number of carbonyl (C=O) groups is 1. The molecule has 7 heteroatoms. The van der Waals surface area contributed by atoms with E-state index in [1.807, 2.05) is 18.3 Å². The van der Waals surface area contributed by atoms with Crippen molar-refractivity contribution in [1.82, 2.24) is 19.4 Å². The summed E-state index contributed by atoms with van der Waals surface area (Å²) in [5, 5.41) is 0. The summed E-state index contributed by atoms with van der Waals surface area (Å²) in [6, 6.07) is 3.44. The molecule has 7 nitrogen and oxygen atoms in total. The average molecular weight is 301 g/mol. The number of hydrogen-bond donors (Lipinski definition) is 1. The van der Waals surface area contributed by atoms with Gasteiger partial charge in [0.15, 0.2) is 0 Å². The summed E-state index contributed by atoms with van der Waals surface area (Å²) in [7, 11) is 0. The summed E-state index contributed by atoms with van der Waals surface area (Å²) in [5.41, 5.74) is 6.48. The van der Waals surface area contributed by atoms with Crippen molar-refractivity contribution in [3.05, 3.63) is 48.3 Å². The smallest absolute Gasteiger partial charge is 0.315 e. The minimum atomic E-state index is -0.422. The Balaban J connectivity index is 1.61. The number of pyridine rings is 1. The van der Waals surface area contributed by atoms with Crippen molar-refractivity contribution >= 4 is 6.03 Å². The van der Waals surface area contributed by atoms with Gasteiger partial charge >= 0.3 is 6.03 Å². The first-order valence-electron chi connectivity index (χ1n) is 7.23. The number of primary amides is 1. The first-order valence-corrected chi connectivity index (χ1v) is 7.23. The van der Waals surface area contributed by atoms with Crippen LogP contribution in [0.2, 0.25) is 0 Å². The van der Waals surface area contributed by atoms with Gasteiger partial charge in [-0.25, -0.2) is 9.78 Å². The Morgan fingerprint density at radius 2 is 2.32 bits per heavy atom. The maximum Gasteiger partial charge on any atom is 0.315 e. The van der Waals surface area contributed by atoms with Gasteiger partial charge in [-0.3, -0.25) is 4.98 Å². The lowest BCUT2D eigenvalue weighted by Crippen LogP contribution is -2.38. The van der Waals surface area contributed by atoms with Gasteiger partial charge < -0.3 is 19.9 Å². The molecule has 0 aliphatic carbocycles. The highest BCUT2D eigenvalue weighted by atomic mass is 16.5. The molecule has 0 saturated carbocycles. The lowest BCUT2D eigenvalue weighted by molar-refractivity contribution is 0.0724. The number of urea groups is 1. The topological polar surface area (TPSA) is 86.3 Å². The average Bonchev–Trinajstić information content (AvgIpc) is 2.87. The van der Waals surface area contributed by atoms with Crippen LogP contribution in [0.15, 0.2) is 36.9 Å². The van der Waals surface area contributed by atoms with E-state index in [-0.39, 0.29) is 5.92 Å². The fourth-order valence-electron chi connectivity index (χ4n) is 2.64. The number of hydrogen-bond acceptors (Lipinski definition) is 4. The number of carbonyl (C=O) groups excluding carboxylic acids is 1. The third-order valence-electron chi connectivity index (χ3n) is 3.72. The van der Waals surface area contributed by atoms with Gasteiger partial charge in [-0.15, -0.1) is 0 Å². The molecule has 0 spiro atoms. The minimum absolute atomic E-state index is 0.180. The Labute approximate surface area is 128 Å². The normalized spacial score (nSPS) is 17.8. The first kappa shape index (κ1) is 14.5. The predicted molar refractivity (Wildman–Crippen MR) is 79.6 cm³/mol. The van der Waals surface area contributed by atoms with Gasteiger partial charge in [-0.1, -0.05) is 6.07 Å². The van der Waals surface area contributed by atoms with E-state index in [0.717, 1.165) is 17.9 Å². The van der Waals surface area contributed by atoms with Crippen molar-refractivity contribution in [1.29, 1.82) is 0 Å². The lowest BCUT2D eigenvalue weighted by atomic mass is 10.1. The molecule has 22 heavy (non-hydrogen) atoms. The van der Waals surface area contributed by atoms with Crippen LogP contribution in [0, 0.1) is 5.92 Å². The monoisotopic (exact) mass is 301 g/mol. The largest absolute Gasteiger partial charge is 0.376 e. The molecule has 0 radical (unpaired) electrons. The SMILES string of the molecule is NC(=O)N1Cc2nccn2CC(COCc2cccnc2)C1. The van der Waals surface area contributed by atoms with Gasteiger partial charge in [0.1, 0.15) is 5.82 Å². The van der Waals surface area contributed by atoms with Crippen LogP contribution >= 0.6 is 0 Å². The first-order chi connectivity index (χ1) is 10.7. The van der Waals surface area contributed by atoms with E-state index >= 15 is 0 Å². The van der Waals surface area contributed by atoms with Crippen molar-refractivity contribution in [3.8, 4) is 0 Å². The molecule has 2 aromatic rings. The van der Waals surface area contributed by atoms with Crippen LogP contribution in [0.25, 0.3) is 0 Å². The van der Waals surface area contributed by atoms with E-state index in [9.17, 15) is 4.79 Å². The minimum Gasteiger partial charge on any atom is -0.376 e. The maximum absolute atomic E-state index is 11.5. The van der Waals surface area contributed by atoms with Crippen LogP contribution in [0.5, 0.6) is 0 Å².